The summed E-state index contributed by atoms with van der Waals surface area (Å²) in [7, 11) is 0. The van der Waals surface area contributed by atoms with Crippen LogP contribution >= 0.6 is 12.4 Å². The quantitative estimate of drug-likeness (QED) is 0.753. The Bertz CT molecular complexity index is 822. The lowest BCUT2D eigenvalue weighted by Gasteiger charge is -2.11. The number of aryl methyl sites for hydroxylation is 1. The van der Waals surface area contributed by atoms with E-state index in [2.05, 4.69) is 22.4 Å². The van der Waals surface area contributed by atoms with Crippen LogP contribution in [0.15, 0.2) is 54.7 Å². The van der Waals surface area contributed by atoms with Crippen LogP contribution in [-0.4, -0.2) is 4.98 Å². The zero-order chi connectivity index (χ0) is 13.9. The number of hydrogen-bond donors (Lipinski definition) is 1. The van der Waals surface area contributed by atoms with Gasteiger partial charge in [-0.3, -0.25) is 4.98 Å². The first kappa shape index (κ1) is 14.8. The second-order valence-electron chi connectivity index (χ2n) is 4.67. The van der Waals surface area contributed by atoms with Crippen molar-refractivity contribution in [1.82, 2.24) is 4.98 Å². The molecule has 104 valence electrons. The number of anilines is 2. The van der Waals surface area contributed by atoms with Crippen LogP contribution < -0.4 is 5.32 Å². The third-order valence-corrected chi connectivity index (χ3v) is 3.18. The van der Waals surface area contributed by atoms with E-state index in [0.29, 0.717) is 5.56 Å². The molecule has 0 bridgehead atoms. The number of rotatable bonds is 2. The Labute approximate surface area is 129 Å². The number of aromatic nitrogens is 1. The van der Waals surface area contributed by atoms with Gasteiger partial charge in [0.2, 0.25) is 0 Å². The minimum absolute atomic E-state index is 0. The second kappa shape index (κ2) is 6.25. The summed E-state index contributed by atoms with van der Waals surface area (Å²) in [6.45, 7) is 2.04. The predicted octanol–water partition coefficient (Wildman–Crippen LogP) is 4.58. The van der Waals surface area contributed by atoms with E-state index >= 15 is 0 Å². The lowest BCUT2D eigenvalue weighted by Crippen LogP contribution is -1.96. The minimum Gasteiger partial charge on any atom is -0.354 e. The lowest BCUT2D eigenvalue weighted by molar-refractivity contribution is 1.36. The molecule has 0 aliphatic heterocycles. The number of para-hydroxylation sites is 1. The van der Waals surface area contributed by atoms with Crippen molar-refractivity contribution in [3.05, 3.63) is 65.9 Å². The fraction of sp³-hybridized carbons (Fsp3) is 0.0588. The Hall–Kier alpha value is -2.57. The SMILES string of the molecule is Cc1cccc(Nc2c(C#N)cnc3ccccc23)c1.Cl. The standard InChI is InChI=1S/C17H13N3.ClH/c1-12-5-4-6-14(9-12)20-17-13(10-18)11-19-16-8-3-2-7-15(16)17;/h2-9,11H,1H3,(H,19,20);1H. The highest BCUT2D eigenvalue weighted by Gasteiger charge is 2.08. The molecular weight excluding hydrogens is 282 g/mol. The van der Waals surface area contributed by atoms with Gasteiger partial charge in [-0.05, 0) is 30.7 Å². The molecule has 1 N–H and O–H groups in total. The van der Waals surface area contributed by atoms with Crippen LogP contribution in [-0.2, 0) is 0 Å². The van der Waals surface area contributed by atoms with Gasteiger partial charge in [0.25, 0.3) is 0 Å². The molecule has 0 spiro atoms. The molecule has 0 fully saturated rings. The molecule has 1 heterocycles. The van der Waals surface area contributed by atoms with Crippen molar-refractivity contribution in [2.45, 2.75) is 6.92 Å². The molecule has 0 unspecified atom stereocenters. The van der Waals surface area contributed by atoms with Crippen molar-refractivity contribution >= 4 is 34.7 Å². The van der Waals surface area contributed by atoms with Crippen LogP contribution in [0.4, 0.5) is 11.4 Å². The average molecular weight is 296 g/mol. The molecular formula is C17H14ClN3. The number of benzene rings is 2. The zero-order valence-corrected chi connectivity index (χ0v) is 12.3. The highest BCUT2D eigenvalue weighted by Crippen LogP contribution is 2.28. The molecule has 0 radical (unpaired) electrons. The van der Waals surface area contributed by atoms with Crippen molar-refractivity contribution in [2.24, 2.45) is 0 Å². The Morgan fingerprint density at radius 2 is 1.90 bits per heavy atom. The summed E-state index contributed by atoms with van der Waals surface area (Å²) in [5, 5.41) is 13.6. The van der Waals surface area contributed by atoms with E-state index < -0.39 is 0 Å². The van der Waals surface area contributed by atoms with Gasteiger partial charge in [-0.1, -0.05) is 30.3 Å². The third-order valence-electron chi connectivity index (χ3n) is 3.18. The van der Waals surface area contributed by atoms with Crippen LogP contribution in [0.1, 0.15) is 11.1 Å². The van der Waals surface area contributed by atoms with Crippen molar-refractivity contribution in [3.63, 3.8) is 0 Å². The zero-order valence-electron chi connectivity index (χ0n) is 11.5. The van der Waals surface area contributed by atoms with E-state index in [0.717, 1.165) is 22.3 Å². The van der Waals surface area contributed by atoms with Crippen molar-refractivity contribution in [2.75, 3.05) is 5.32 Å². The van der Waals surface area contributed by atoms with Gasteiger partial charge in [0, 0.05) is 17.3 Å². The minimum atomic E-state index is 0. The van der Waals surface area contributed by atoms with Crippen LogP contribution in [0.2, 0.25) is 0 Å². The van der Waals surface area contributed by atoms with Gasteiger partial charge in [0.1, 0.15) is 6.07 Å². The summed E-state index contributed by atoms with van der Waals surface area (Å²) >= 11 is 0. The second-order valence-corrected chi connectivity index (χ2v) is 4.67. The first-order valence-corrected chi connectivity index (χ1v) is 6.39. The Kier molecular flexibility index (Phi) is 4.42. The van der Waals surface area contributed by atoms with Gasteiger partial charge < -0.3 is 5.32 Å². The Morgan fingerprint density at radius 3 is 2.67 bits per heavy atom. The van der Waals surface area contributed by atoms with Crippen LogP contribution in [0, 0.1) is 18.3 Å². The van der Waals surface area contributed by atoms with E-state index in [1.165, 1.54) is 5.56 Å². The maximum Gasteiger partial charge on any atom is 0.103 e. The molecule has 0 aliphatic rings. The average Bonchev–Trinajstić information content (AvgIpc) is 2.48. The fourth-order valence-electron chi connectivity index (χ4n) is 2.23. The first-order chi connectivity index (χ1) is 9.78. The molecule has 3 nitrogen and oxygen atoms in total. The van der Waals surface area contributed by atoms with E-state index in [1.54, 1.807) is 6.20 Å². The summed E-state index contributed by atoms with van der Waals surface area (Å²) in [4.78, 5) is 4.31. The van der Waals surface area contributed by atoms with E-state index in [1.807, 2.05) is 49.4 Å². The number of nitriles is 1. The number of fused-ring (bicyclic) bond motifs is 1. The van der Waals surface area contributed by atoms with Gasteiger partial charge >= 0.3 is 0 Å². The topological polar surface area (TPSA) is 48.7 Å². The fourth-order valence-corrected chi connectivity index (χ4v) is 2.23. The molecule has 2 aromatic carbocycles. The molecule has 3 aromatic rings. The lowest BCUT2D eigenvalue weighted by atomic mass is 10.1. The maximum atomic E-state index is 9.28. The molecule has 3 rings (SSSR count). The first-order valence-electron chi connectivity index (χ1n) is 6.39. The van der Waals surface area contributed by atoms with E-state index in [4.69, 9.17) is 0 Å². The molecule has 0 atom stereocenters. The van der Waals surface area contributed by atoms with Gasteiger partial charge in [0.05, 0.1) is 16.8 Å². The summed E-state index contributed by atoms with van der Waals surface area (Å²) in [5.41, 5.74) is 4.38. The third kappa shape index (κ3) is 2.96. The van der Waals surface area contributed by atoms with Gasteiger partial charge in [-0.2, -0.15) is 5.26 Å². The van der Waals surface area contributed by atoms with Crippen LogP contribution in [0.5, 0.6) is 0 Å². The molecule has 0 saturated carbocycles. The number of halogens is 1. The summed E-state index contributed by atoms with van der Waals surface area (Å²) in [6, 6.07) is 18.1. The highest BCUT2D eigenvalue weighted by atomic mass is 35.5. The highest BCUT2D eigenvalue weighted by molar-refractivity contribution is 5.95. The van der Waals surface area contributed by atoms with E-state index in [9.17, 15) is 5.26 Å². The smallest absolute Gasteiger partial charge is 0.103 e. The molecule has 0 aliphatic carbocycles. The Morgan fingerprint density at radius 1 is 1.10 bits per heavy atom. The summed E-state index contributed by atoms with van der Waals surface area (Å²) in [6.07, 6.45) is 1.61. The monoisotopic (exact) mass is 295 g/mol. The molecule has 21 heavy (non-hydrogen) atoms. The normalized spacial score (nSPS) is 9.71. The maximum absolute atomic E-state index is 9.28. The number of nitrogens with one attached hydrogen (secondary N) is 1. The van der Waals surface area contributed by atoms with E-state index in [-0.39, 0.29) is 12.4 Å². The molecule has 0 amide bonds. The van der Waals surface area contributed by atoms with Gasteiger partial charge in [-0.15, -0.1) is 12.4 Å². The number of pyridine rings is 1. The predicted molar refractivity (Wildman–Crippen MR) is 88.2 cm³/mol. The largest absolute Gasteiger partial charge is 0.354 e. The van der Waals surface area contributed by atoms with Crippen molar-refractivity contribution in [3.8, 4) is 6.07 Å². The summed E-state index contributed by atoms with van der Waals surface area (Å²) < 4.78 is 0. The number of nitrogens with zero attached hydrogens (tertiary/aromatic N) is 2. The van der Waals surface area contributed by atoms with Crippen LogP contribution in [0.25, 0.3) is 10.9 Å². The van der Waals surface area contributed by atoms with Crippen LogP contribution in [0.3, 0.4) is 0 Å². The number of hydrogen-bond acceptors (Lipinski definition) is 3. The van der Waals surface area contributed by atoms with Crippen molar-refractivity contribution < 1.29 is 0 Å². The van der Waals surface area contributed by atoms with Gasteiger partial charge in [-0.25, -0.2) is 0 Å². The molecule has 0 saturated heterocycles. The van der Waals surface area contributed by atoms with Crippen molar-refractivity contribution in [1.29, 1.82) is 5.26 Å². The Balaban J connectivity index is 0.00000161. The molecule has 1 aromatic heterocycles. The molecule has 4 heteroatoms. The summed E-state index contributed by atoms with van der Waals surface area (Å²) in [5.74, 6) is 0. The van der Waals surface area contributed by atoms with Gasteiger partial charge in [0.15, 0.2) is 0 Å².